The highest BCUT2D eigenvalue weighted by Gasteiger charge is 2.23. The van der Waals surface area contributed by atoms with Gasteiger partial charge in [-0.2, -0.15) is 0 Å². The molecular formula is C22H24N4O4S. The zero-order valence-electron chi connectivity index (χ0n) is 17.8. The van der Waals surface area contributed by atoms with Gasteiger partial charge in [0.2, 0.25) is 12.7 Å². The van der Waals surface area contributed by atoms with E-state index in [0.29, 0.717) is 22.3 Å². The normalized spacial score (nSPS) is 13.3. The third-order valence-corrected chi connectivity index (χ3v) is 5.88. The summed E-state index contributed by atoms with van der Waals surface area (Å²) >= 11 is 1.37. The van der Waals surface area contributed by atoms with Gasteiger partial charge in [-0.05, 0) is 57.2 Å². The van der Waals surface area contributed by atoms with Crippen LogP contribution in [-0.4, -0.2) is 39.8 Å². The zero-order valence-corrected chi connectivity index (χ0v) is 18.6. The number of hydrogen-bond acceptors (Lipinski definition) is 7. The van der Waals surface area contributed by atoms with Crippen LogP contribution < -0.4 is 19.5 Å². The van der Waals surface area contributed by atoms with Crippen molar-refractivity contribution in [2.45, 2.75) is 37.2 Å². The summed E-state index contributed by atoms with van der Waals surface area (Å²) in [6, 6.07) is 13.1. The lowest BCUT2D eigenvalue weighted by atomic mass is 10.2. The maximum Gasteiger partial charge on any atom is 0.237 e. The topological polar surface area (TPSA) is 87.5 Å². The van der Waals surface area contributed by atoms with Gasteiger partial charge in [-0.3, -0.25) is 9.36 Å². The smallest absolute Gasteiger partial charge is 0.237 e. The molecule has 2 heterocycles. The zero-order chi connectivity index (χ0) is 22.0. The molecule has 1 unspecified atom stereocenters. The number of ether oxygens (including phenoxy) is 3. The Morgan fingerprint density at radius 3 is 2.55 bits per heavy atom. The first kappa shape index (κ1) is 21.0. The molecule has 8 nitrogen and oxygen atoms in total. The molecule has 3 aromatic rings. The molecule has 162 valence electrons. The van der Waals surface area contributed by atoms with E-state index in [4.69, 9.17) is 14.2 Å². The molecule has 31 heavy (non-hydrogen) atoms. The third kappa shape index (κ3) is 4.46. The number of benzene rings is 2. The summed E-state index contributed by atoms with van der Waals surface area (Å²) in [5.41, 5.74) is 1.59. The minimum absolute atomic E-state index is 0.124. The Balaban J connectivity index is 1.50. The van der Waals surface area contributed by atoms with E-state index in [1.54, 1.807) is 25.3 Å². The summed E-state index contributed by atoms with van der Waals surface area (Å²) in [5.74, 6) is 2.71. The molecule has 0 saturated carbocycles. The molecule has 2 aromatic carbocycles. The first-order chi connectivity index (χ1) is 15.0. The fourth-order valence-corrected chi connectivity index (χ4v) is 4.17. The van der Waals surface area contributed by atoms with Crippen LogP contribution in [-0.2, 0) is 4.79 Å². The molecule has 0 radical (unpaired) electrons. The van der Waals surface area contributed by atoms with Crippen LogP contribution in [0, 0.1) is 0 Å². The van der Waals surface area contributed by atoms with Gasteiger partial charge < -0.3 is 19.5 Å². The van der Waals surface area contributed by atoms with Crippen LogP contribution >= 0.6 is 11.8 Å². The predicted octanol–water partition coefficient (Wildman–Crippen LogP) is 4.38. The van der Waals surface area contributed by atoms with Crippen molar-refractivity contribution in [2.24, 2.45) is 0 Å². The van der Waals surface area contributed by atoms with Crippen molar-refractivity contribution >= 4 is 23.4 Å². The Morgan fingerprint density at radius 2 is 1.84 bits per heavy atom. The van der Waals surface area contributed by atoms with Gasteiger partial charge in [-0.1, -0.05) is 11.8 Å². The van der Waals surface area contributed by atoms with Crippen molar-refractivity contribution in [1.29, 1.82) is 0 Å². The molecule has 0 aliphatic carbocycles. The molecule has 0 saturated heterocycles. The van der Waals surface area contributed by atoms with E-state index in [2.05, 4.69) is 29.4 Å². The predicted molar refractivity (Wildman–Crippen MR) is 119 cm³/mol. The lowest BCUT2D eigenvalue weighted by molar-refractivity contribution is -0.115. The molecule has 4 rings (SSSR count). The van der Waals surface area contributed by atoms with Gasteiger partial charge in [0.05, 0.1) is 12.4 Å². The Labute approximate surface area is 184 Å². The van der Waals surface area contributed by atoms with E-state index in [9.17, 15) is 4.79 Å². The number of hydrogen-bond donors (Lipinski definition) is 1. The van der Waals surface area contributed by atoms with Crippen LogP contribution in [0.3, 0.4) is 0 Å². The minimum Gasteiger partial charge on any atom is -0.497 e. The van der Waals surface area contributed by atoms with Crippen LogP contribution in [0.15, 0.2) is 47.6 Å². The highest BCUT2D eigenvalue weighted by atomic mass is 32.2. The number of amides is 1. The van der Waals surface area contributed by atoms with E-state index in [-0.39, 0.29) is 24.0 Å². The van der Waals surface area contributed by atoms with E-state index in [1.165, 1.54) is 11.8 Å². The average molecular weight is 441 g/mol. The Bertz CT molecular complexity index is 1080. The second-order valence-electron chi connectivity index (χ2n) is 7.32. The van der Waals surface area contributed by atoms with Gasteiger partial charge >= 0.3 is 0 Å². The number of rotatable bonds is 7. The van der Waals surface area contributed by atoms with Crippen molar-refractivity contribution in [1.82, 2.24) is 14.8 Å². The number of fused-ring (bicyclic) bond motifs is 1. The number of carbonyl (C=O) groups is 1. The largest absolute Gasteiger partial charge is 0.497 e. The van der Waals surface area contributed by atoms with Gasteiger partial charge in [-0.15, -0.1) is 10.2 Å². The molecule has 0 fully saturated rings. The fraction of sp³-hybridized carbons (Fsp3) is 0.318. The maximum atomic E-state index is 12.8. The number of thioether (sulfide) groups is 1. The van der Waals surface area contributed by atoms with Gasteiger partial charge in [0.15, 0.2) is 22.5 Å². The van der Waals surface area contributed by atoms with Gasteiger partial charge in [0.1, 0.15) is 5.75 Å². The first-order valence-electron chi connectivity index (χ1n) is 9.92. The second kappa shape index (κ2) is 8.89. The summed E-state index contributed by atoms with van der Waals surface area (Å²) < 4.78 is 18.0. The van der Waals surface area contributed by atoms with Crippen LogP contribution in [0.2, 0.25) is 0 Å². The van der Waals surface area contributed by atoms with Gasteiger partial charge in [-0.25, -0.2) is 0 Å². The molecule has 1 amide bonds. The Kier molecular flexibility index (Phi) is 6.03. The van der Waals surface area contributed by atoms with Crippen molar-refractivity contribution in [2.75, 3.05) is 19.2 Å². The molecule has 1 atom stereocenters. The molecule has 1 N–H and O–H groups in total. The number of methoxy groups -OCH3 is 1. The van der Waals surface area contributed by atoms with E-state index >= 15 is 0 Å². The van der Waals surface area contributed by atoms with Crippen LogP contribution in [0.5, 0.6) is 17.2 Å². The standard InChI is InChI=1S/C22H24N4O4S/c1-13(2)26-20(15-5-8-17(28-4)9-6-15)24-25-22(26)31-14(3)21(27)23-16-7-10-18-19(11-16)30-12-29-18/h5-11,13-14H,12H2,1-4H3,(H,23,27). The number of aromatic nitrogens is 3. The van der Waals surface area contributed by atoms with E-state index < -0.39 is 0 Å². The second-order valence-corrected chi connectivity index (χ2v) is 8.62. The van der Waals surface area contributed by atoms with Crippen LogP contribution in [0.25, 0.3) is 11.4 Å². The molecule has 1 aliphatic heterocycles. The van der Waals surface area contributed by atoms with Crippen molar-refractivity contribution in [3.05, 3.63) is 42.5 Å². The quantitative estimate of drug-likeness (QED) is 0.546. The molecule has 1 aliphatic rings. The van der Waals surface area contributed by atoms with Gasteiger partial charge in [0.25, 0.3) is 0 Å². The Hall–Kier alpha value is -3.20. The van der Waals surface area contributed by atoms with E-state index in [1.807, 2.05) is 35.8 Å². The SMILES string of the molecule is COc1ccc(-c2nnc(SC(C)C(=O)Nc3ccc4c(c3)OCO4)n2C(C)C)cc1. The summed E-state index contributed by atoms with van der Waals surface area (Å²) in [6.45, 7) is 6.18. The molecule has 9 heteroatoms. The first-order valence-corrected chi connectivity index (χ1v) is 10.8. The molecular weight excluding hydrogens is 416 g/mol. The number of nitrogens with zero attached hydrogens (tertiary/aromatic N) is 3. The average Bonchev–Trinajstić information content (AvgIpc) is 3.40. The molecule has 0 spiro atoms. The van der Waals surface area contributed by atoms with Crippen molar-refractivity contribution in [3.8, 4) is 28.6 Å². The van der Waals surface area contributed by atoms with Crippen molar-refractivity contribution < 1.29 is 19.0 Å². The van der Waals surface area contributed by atoms with E-state index in [0.717, 1.165) is 17.1 Å². The van der Waals surface area contributed by atoms with Crippen LogP contribution in [0.1, 0.15) is 26.8 Å². The summed E-state index contributed by atoms with van der Waals surface area (Å²) in [5, 5.41) is 12.0. The number of nitrogens with one attached hydrogen (secondary N) is 1. The summed E-state index contributed by atoms with van der Waals surface area (Å²) in [6.07, 6.45) is 0. The minimum atomic E-state index is -0.379. The Morgan fingerprint density at radius 1 is 1.10 bits per heavy atom. The summed E-state index contributed by atoms with van der Waals surface area (Å²) in [4.78, 5) is 12.8. The highest BCUT2D eigenvalue weighted by molar-refractivity contribution is 8.00. The lowest BCUT2D eigenvalue weighted by Crippen LogP contribution is -2.23. The monoisotopic (exact) mass is 440 g/mol. The highest BCUT2D eigenvalue weighted by Crippen LogP contribution is 2.35. The lowest BCUT2D eigenvalue weighted by Gasteiger charge is -2.16. The van der Waals surface area contributed by atoms with Gasteiger partial charge in [0, 0.05) is 23.4 Å². The number of carbonyl (C=O) groups excluding carboxylic acids is 1. The number of anilines is 1. The molecule has 1 aromatic heterocycles. The molecule has 0 bridgehead atoms. The summed E-state index contributed by atoms with van der Waals surface area (Å²) in [7, 11) is 1.64. The fourth-order valence-electron chi connectivity index (χ4n) is 3.19. The van der Waals surface area contributed by atoms with Crippen LogP contribution in [0.4, 0.5) is 5.69 Å². The maximum absolute atomic E-state index is 12.8. The van der Waals surface area contributed by atoms with Crippen molar-refractivity contribution in [3.63, 3.8) is 0 Å². The third-order valence-electron chi connectivity index (χ3n) is 4.82.